The zero-order valence-electron chi connectivity index (χ0n) is 8.48. The Kier molecular flexibility index (Phi) is 2.61. The summed E-state index contributed by atoms with van der Waals surface area (Å²) in [6, 6.07) is 0. The smallest absolute Gasteiger partial charge is 0.100 e. The summed E-state index contributed by atoms with van der Waals surface area (Å²) in [5, 5.41) is 0. The van der Waals surface area contributed by atoms with Crippen molar-refractivity contribution in [2.45, 2.75) is 46.1 Å². The van der Waals surface area contributed by atoms with Crippen molar-refractivity contribution in [3.8, 4) is 0 Å². The predicted octanol–water partition coefficient (Wildman–Crippen LogP) is 3.43. The number of allylic oxidation sites excluding steroid dienone is 4. The van der Waals surface area contributed by atoms with Gasteiger partial charge in [-0.3, -0.25) is 0 Å². The van der Waals surface area contributed by atoms with Gasteiger partial charge in [-0.25, -0.2) is 0 Å². The van der Waals surface area contributed by atoms with Crippen LogP contribution in [0.3, 0.4) is 0 Å². The molecule has 0 aromatic carbocycles. The van der Waals surface area contributed by atoms with Crippen LogP contribution in [0.4, 0.5) is 0 Å². The Balaban J connectivity index is 2.55. The molecule has 0 radical (unpaired) electrons. The lowest BCUT2D eigenvalue weighted by Crippen LogP contribution is -2.19. The lowest BCUT2D eigenvalue weighted by atomic mass is 10.0. The van der Waals surface area contributed by atoms with E-state index in [4.69, 9.17) is 4.74 Å². The van der Waals surface area contributed by atoms with E-state index >= 15 is 0 Å². The van der Waals surface area contributed by atoms with E-state index in [1.807, 2.05) is 0 Å². The molecule has 1 heteroatoms. The molecule has 0 spiro atoms. The Morgan fingerprint density at radius 1 is 1.17 bits per heavy atom. The van der Waals surface area contributed by atoms with Crippen LogP contribution in [0.2, 0.25) is 0 Å². The molecule has 0 saturated carbocycles. The highest BCUT2D eigenvalue weighted by Crippen LogP contribution is 2.23. The molecule has 12 heavy (non-hydrogen) atoms. The molecule has 0 N–H and O–H groups in total. The Bertz CT molecular complexity index is 216. The van der Waals surface area contributed by atoms with E-state index in [0.717, 1.165) is 18.6 Å². The molecule has 0 atom stereocenters. The second-order valence-corrected chi connectivity index (χ2v) is 4.36. The number of rotatable bonds is 1. The van der Waals surface area contributed by atoms with Gasteiger partial charge < -0.3 is 4.74 Å². The highest BCUT2D eigenvalue weighted by atomic mass is 16.5. The summed E-state index contributed by atoms with van der Waals surface area (Å²) in [6.07, 6.45) is 6.43. The molecule has 0 aliphatic heterocycles. The van der Waals surface area contributed by atoms with Gasteiger partial charge in [-0.05, 0) is 40.2 Å². The van der Waals surface area contributed by atoms with Gasteiger partial charge in [0.2, 0.25) is 0 Å². The Morgan fingerprint density at radius 2 is 1.83 bits per heavy atom. The molecule has 68 valence electrons. The molecule has 0 bridgehead atoms. The van der Waals surface area contributed by atoms with Crippen LogP contribution in [0.5, 0.6) is 0 Å². The van der Waals surface area contributed by atoms with Crippen LogP contribution in [0.25, 0.3) is 0 Å². The van der Waals surface area contributed by atoms with Crippen LogP contribution in [0, 0.1) is 0 Å². The lowest BCUT2D eigenvalue weighted by Gasteiger charge is -2.24. The maximum absolute atomic E-state index is 5.74. The fourth-order valence-electron chi connectivity index (χ4n) is 1.20. The maximum Gasteiger partial charge on any atom is 0.100 e. The highest BCUT2D eigenvalue weighted by Gasteiger charge is 2.14. The van der Waals surface area contributed by atoms with Crippen molar-refractivity contribution in [3.63, 3.8) is 0 Å². The third kappa shape index (κ3) is 3.12. The largest absolute Gasteiger partial charge is 0.492 e. The minimum atomic E-state index is -0.0507. The predicted molar refractivity (Wildman–Crippen MR) is 51.9 cm³/mol. The molecule has 1 aliphatic rings. The van der Waals surface area contributed by atoms with E-state index in [2.05, 4.69) is 39.8 Å². The Morgan fingerprint density at radius 3 is 2.25 bits per heavy atom. The zero-order chi connectivity index (χ0) is 9.19. The van der Waals surface area contributed by atoms with Gasteiger partial charge in [-0.1, -0.05) is 11.6 Å². The topological polar surface area (TPSA) is 9.23 Å². The van der Waals surface area contributed by atoms with Gasteiger partial charge in [-0.15, -0.1) is 0 Å². The molecule has 0 fully saturated rings. The highest BCUT2D eigenvalue weighted by molar-refractivity contribution is 5.19. The normalized spacial score (nSPS) is 18.3. The molecule has 1 nitrogen and oxygen atoms in total. The average Bonchev–Trinajstić information content (AvgIpc) is 1.91. The van der Waals surface area contributed by atoms with Crippen LogP contribution in [0.15, 0.2) is 23.5 Å². The van der Waals surface area contributed by atoms with E-state index in [1.54, 1.807) is 0 Å². The minimum absolute atomic E-state index is 0.0507. The van der Waals surface area contributed by atoms with Crippen LogP contribution in [-0.4, -0.2) is 5.60 Å². The summed E-state index contributed by atoms with van der Waals surface area (Å²) in [7, 11) is 0. The summed E-state index contributed by atoms with van der Waals surface area (Å²) in [4.78, 5) is 0. The average molecular weight is 166 g/mol. The van der Waals surface area contributed by atoms with E-state index in [1.165, 1.54) is 5.57 Å². The van der Waals surface area contributed by atoms with E-state index < -0.39 is 0 Å². The molecular weight excluding hydrogens is 148 g/mol. The SMILES string of the molecule is CC1=CC=C(OC(C)(C)C)CC1. The Labute approximate surface area is 75.1 Å². The van der Waals surface area contributed by atoms with Gasteiger partial charge in [0, 0.05) is 6.42 Å². The van der Waals surface area contributed by atoms with Crippen molar-refractivity contribution in [3.05, 3.63) is 23.5 Å². The van der Waals surface area contributed by atoms with Gasteiger partial charge in [0.05, 0.1) is 5.76 Å². The molecular formula is C11H18O. The first-order valence-electron chi connectivity index (χ1n) is 4.53. The van der Waals surface area contributed by atoms with Crippen LogP contribution in [-0.2, 0) is 4.74 Å². The quantitative estimate of drug-likeness (QED) is 0.580. The first kappa shape index (κ1) is 9.37. The van der Waals surface area contributed by atoms with Crippen molar-refractivity contribution in [2.75, 3.05) is 0 Å². The third-order valence-corrected chi connectivity index (χ3v) is 1.76. The van der Waals surface area contributed by atoms with Gasteiger partial charge in [0.25, 0.3) is 0 Å². The molecule has 0 saturated heterocycles. The molecule has 0 aromatic heterocycles. The van der Waals surface area contributed by atoms with Crippen LogP contribution >= 0.6 is 0 Å². The fourth-order valence-corrected chi connectivity index (χ4v) is 1.20. The molecule has 0 aromatic rings. The Hall–Kier alpha value is -0.720. The second-order valence-electron chi connectivity index (χ2n) is 4.36. The van der Waals surface area contributed by atoms with Gasteiger partial charge >= 0.3 is 0 Å². The summed E-state index contributed by atoms with van der Waals surface area (Å²) >= 11 is 0. The molecule has 0 unspecified atom stereocenters. The second kappa shape index (κ2) is 3.34. The molecule has 0 amide bonds. The van der Waals surface area contributed by atoms with Crippen LogP contribution < -0.4 is 0 Å². The van der Waals surface area contributed by atoms with Crippen molar-refractivity contribution in [1.29, 1.82) is 0 Å². The summed E-state index contributed by atoms with van der Waals surface area (Å²) in [5.74, 6) is 1.12. The molecule has 0 heterocycles. The van der Waals surface area contributed by atoms with Crippen molar-refractivity contribution in [2.24, 2.45) is 0 Å². The molecule has 1 rings (SSSR count). The number of ether oxygens (including phenoxy) is 1. The van der Waals surface area contributed by atoms with Gasteiger partial charge in [0.1, 0.15) is 5.60 Å². The lowest BCUT2D eigenvalue weighted by molar-refractivity contribution is 0.0465. The van der Waals surface area contributed by atoms with E-state index in [9.17, 15) is 0 Å². The third-order valence-electron chi connectivity index (χ3n) is 1.76. The van der Waals surface area contributed by atoms with Gasteiger partial charge in [0.15, 0.2) is 0 Å². The monoisotopic (exact) mass is 166 g/mol. The fraction of sp³-hybridized carbons (Fsp3) is 0.636. The van der Waals surface area contributed by atoms with Crippen LogP contribution in [0.1, 0.15) is 40.5 Å². The number of hydrogen-bond donors (Lipinski definition) is 0. The standard InChI is InChI=1S/C11H18O/c1-9-5-7-10(8-6-9)12-11(2,3)4/h5,7H,6,8H2,1-4H3. The van der Waals surface area contributed by atoms with E-state index in [-0.39, 0.29) is 5.60 Å². The maximum atomic E-state index is 5.74. The van der Waals surface area contributed by atoms with Gasteiger partial charge in [-0.2, -0.15) is 0 Å². The first-order valence-corrected chi connectivity index (χ1v) is 4.53. The molecule has 1 aliphatic carbocycles. The number of hydrogen-bond acceptors (Lipinski definition) is 1. The summed E-state index contributed by atoms with van der Waals surface area (Å²) < 4.78 is 5.74. The zero-order valence-corrected chi connectivity index (χ0v) is 8.48. The van der Waals surface area contributed by atoms with Crippen molar-refractivity contribution < 1.29 is 4.74 Å². The van der Waals surface area contributed by atoms with Crippen molar-refractivity contribution in [1.82, 2.24) is 0 Å². The first-order chi connectivity index (χ1) is 5.47. The summed E-state index contributed by atoms with van der Waals surface area (Å²) in [5.41, 5.74) is 1.39. The minimum Gasteiger partial charge on any atom is -0.492 e. The summed E-state index contributed by atoms with van der Waals surface area (Å²) in [6.45, 7) is 8.40. The van der Waals surface area contributed by atoms with E-state index in [0.29, 0.717) is 0 Å². The van der Waals surface area contributed by atoms with Crippen molar-refractivity contribution >= 4 is 0 Å².